The molecule has 1 atom stereocenters. The minimum Gasteiger partial charge on any atom is -0.358 e. The van der Waals surface area contributed by atoms with Crippen molar-refractivity contribution in [2.45, 2.75) is 39.2 Å². The van der Waals surface area contributed by atoms with Gasteiger partial charge in [-0.1, -0.05) is 13.8 Å². The maximum atomic E-state index is 5.81. The molecule has 0 fully saturated rings. The van der Waals surface area contributed by atoms with Gasteiger partial charge in [0.25, 0.3) is 0 Å². The average Bonchev–Trinajstić information content (AvgIpc) is 2.79. The molecule has 0 bridgehead atoms. The van der Waals surface area contributed by atoms with Gasteiger partial charge in [0.05, 0.1) is 5.69 Å². The van der Waals surface area contributed by atoms with Gasteiger partial charge in [0.15, 0.2) is 5.82 Å². The smallest absolute Gasteiger partial charge is 0.154 e. The van der Waals surface area contributed by atoms with E-state index < -0.39 is 0 Å². The van der Waals surface area contributed by atoms with Crippen LogP contribution in [0.15, 0.2) is 18.5 Å². The van der Waals surface area contributed by atoms with Crippen molar-refractivity contribution in [3.63, 3.8) is 0 Å². The lowest BCUT2D eigenvalue weighted by Gasteiger charge is -2.19. The third-order valence-electron chi connectivity index (χ3n) is 3.26. The van der Waals surface area contributed by atoms with Gasteiger partial charge >= 0.3 is 0 Å². The van der Waals surface area contributed by atoms with Crippen LogP contribution in [0.3, 0.4) is 0 Å². The summed E-state index contributed by atoms with van der Waals surface area (Å²) in [5, 5.41) is 4.58. The van der Waals surface area contributed by atoms with Gasteiger partial charge in [-0.3, -0.25) is 0 Å². The Morgan fingerprint density at radius 1 is 1.37 bits per heavy atom. The summed E-state index contributed by atoms with van der Waals surface area (Å²) >= 11 is 0. The topological polar surface area (TPSA) is 59.5 Å². The third-order valence-corrected chi connectivity index (χ3v) is 3.26. The quantitative estimate of drug-likeness (QED) is 0.894. The average molecular weight is 261 g/mol. The van der Waals surface area contributed by atoms with Crippen LogP contribution in [0, 0.1) is 0 Å². The van der Waals surface area contributed by atoms with E-state index in [1.807, 2.05) is 24.7 Å². The summed E-state index contributed by atoms with van der Waals surface area (Å²) < 4.78 is 1.90. The van der Waals surface area contributed by atoms with Crippen LogP contribution in [0.1, 0.15) is 38.8 Å². The molecule has 0 amide bonds. The number of hydrogen-bond donors (Lipinski definition) is 1. The summed E-state index contributed by atoms with van der Waals surface area (Å²) in [6, 6.07) is 2.33. The fourth-order valence-corrected chi connectivity index (χ4v) is 2.01. The molecule has 5 nitrogen and oxygen atoms in total. The molecule has 2 rings (SSSR count). The van der Waals surface area contributed by atoms with Crippen LogP contribution >= 0.6 is 0 Å². The Labute approximate surface area is 114 Å². The summed E-state index contributed by atoms with van der Waals surface area (Å²) in [5.41, 5.74) is 7.96. The summed E-state index contributed by atoms with van der Waals surface area (Å²) in [6.07, 6.45) is 4.64. The fourth-order valence-electron chi connectivity index (χ4n) is 2.01. The Hall–Kier alpha value is -1.62. The monoisotopic (exact) mass is 261 g/mol. The van der Waals surface area contributed by atoms with Gasteiger partial charge in [-0.15, -0.1) is 0 Å². The predicted molar refractivity (Wildman–Crippen MR) is 78.6 cm³/mol. The van der Waals surface area contributed by atoms with Crippen molar-refractivity contribution in [3.05, 3.63) is 24.2 Å². The molecule has 104 valence electrons. The van der Waals surface area contributed by atoms with E-state index in [1.165, 1.54) is 0 Å². The van der Waals surface area contributed by atoms with Crippen LogP contribution in [0.5, 0.6) is 0 Å². The first-order valence-electron chi connectivity index (χ1n) is 6.80. The number of nitrogens with zero attached hydrogens (tertiary/aromatic N) is 4. The Morgan fingerprint density at radius 3 is 2.74 bits per heavy atom. The van der Waals surface area contributed by atoms with Gasteiger partial charge in [0, 0.05) is 32.0 Å². The molecule has 0 saturated carbocycles. The molecule has 0 aliphatic rings. The maximum Gasteiger partial charge on any atom is 0.154 e. The fraction of sp³-hybridized carbons (Fsp3) is 0.571. The maximum absolute atomic E-state index is 5.81. The molecule has 5 heteroatoms. The Bertz CT molecular complexity index is 544. The van der Waals surface area contributed by atoms with Gasteiger partial charge in [-0.25, -0.2) is 9.50 Å². The van der Waals surface area contributed by atoms with Crippen molar-refractivity contribution in [2.24, 2.45) is 5.73 Å². The van der Waals surface area contributed by atoms with Crippen molar-refractivity contribution >= 4 is 11.3 Å². The predicted octanol–water partition coefficient (Wildman–Crippen LogP) is 2.03. The van der Waals surface area contributed by atoms with E-state index in [0.717, 1.165) is 30.0 Å². The Kier molecular flexibility index (Phi) is 4.04. The minimum atomic E-state index is 0.207. The molecule has 0 saturated heterocycles. The number of aromatic nitrogens is 3. The van der Waals surface area contributed by atoms with Crippen LogP contribution in [-0.4, -0.2) is 34.2 Å². The van der Waals surface area contributed by atoms with E-state index in [4.69, 9.17) is 5.73 Å². The molecule has 19 heavy (non-hydrogen) atoms. The normalized spacial score (nSPS) is 13.2. The number of nitrogens with two attached hydrogens (primary N) is 1. The van der Waals surface area contributed by atoms with E-state index in [-0.39, 0.29) is 6.04 Å². The number of anilines is 1. The van der Waals surface area contributed by atoms with Crippen LogP contribution in [0.25, 0.3) is 5.52 Å². The number of rotatable bonds is 5. The molecule has 0 aliphatic carbocycles. The summed E-state index contributed by atoms with van der Waals surface area (Å²) in [6.45, 7) is 7.22. The van der Waals surface area contributed by atoms with Crippen LogP contribution in [-0.2, 0) is 0 Å². The van der Waals surface area contributed by atoms with Crippen molar-refractivity contribution < 1.29 is 0 Å². The molecular formula is C14H23N5. The lowest BCUT2D eigenvalue weighted by atomic mass is 10.1. The number of hydrogen-bond acceptors (Lipinski definition) is 4. The van der Waals surface area contributed by atoms with Gasteiger partial charge in [0.2, 0.25) is 0 Å². The zero-order chi connectivity index (χ0) is 14.0. The number of fused-ring (bicyclic) bond motifs is 1. The molecule has 1 unspecified atom stereocenters. The van der Waals surface area contributed by atoms with Gasteiger partial charge < -0.3 is 10.6 Å². The molecule has 0 aliphatic heterocycles. The third kappa shape index (κ3) is 3.04. The van der Waals surface area contributed by atoms with E-state index >= 15 is 0 Å². The molecule has 2 N–H and O–H groups in total. The first-order chi connectivity index (χ1) is 8.99. The Balaban J connectivity index is 2.32. The molecule has 2 aromatic rings. The molecule has 0 radical (unpaired) electrons. The SMILES string of the molecule is CC(N)CCN(C)c1nccn2nc(C(C)C)cc12. The van der Waals surface area contributed by atoms with E-state index in [0.29, 0.717) is 5.92 Å². The minimum absolute atomic E-state index is 0.207. The van der Waals surface area contributed by atoms with Gasteiger partial charge in [-0.2, -0.15) is 5.10 Å². The summed E-state index contributed by atoms with van der Waals surface area (Å²) in [7, 11) is 2.05. The van der Waals surface area contributed by atoms with Crippen molar-refractivity contribution in [2.75, 3.05) is 18.5 Å². The highest BCUT2D eigenvalue weighted by atomic mass is 15.3. The van der Waals surface area contributed by atoms with E-state index in [1.54, 1.807) is 6.20 Å². The molecule has 0 spiro atoms. The first kappa shape index (κ1) is 13.8. The molecule has 2 aromatic heterocycles. The van der Waals surface area contributed by atoms with Crippen LogP contribution in [0.2, 0.25) is 0 Å². The second-order valence-electron chi connectivity index (χ2n) is 5.49. The molecule has 0 aromatic carbocycles. The molecular weight excluding hydrogens is 238 g/mol. The van der Waals surface area contributed by atoms with Gasteiger partial charge in [-0.05, 0) is 25.3 Å². The largest absolute Gasteiger partial charge is 0.358 e. The summed E-state index contributed by atoms with van der Waals surface area (Å²) in [5.74, 6) is 1.38. The second kappa shape index (κ2) is 5.57. The highest BCUT2D eigenvalue weighted by Crippen LogP contribution is 2.22. The van der Waals surface area contributed by atoms with Crippen molar-refractivity contribution in [1.82, 2.24) is 14.6 Å². The second-order valence-corrected chi connectivity index (χ2v) is 5.49. The zero-order valence-electron chi connectivity index (χ0n) is 12.2. The lowest BCUT2D eigenvalue weighted by Crippen LogP contribution is -2.26. The van der Waals surface area contributed by atoms with Crippen LogP contribution < -0.4 is 10.6 Å². The standard InChI is InChI=1S/C14H23N5/c1-10(2)12-9-13-14(16-6-8-19(13)17-12)18(4)7-5-11(3)15/h6,8-11H,5,7,15H2,1-4H3. The molecule has 2 heterocycles. The Morgan fingerprint density at radius 2 is 2.11 bits per heavy atom. The van der Waals surface area contributed by atoms with Gasteiger partial charge in [0.1, 0.15) is 5.52 Å². The summed E-state index contributed by atoms with van der Waals surface area (Å²) in [4.78, 5) is 6.63. The first-order valence-corrected chi connectivity index (χ1v) is 6.80. The van der Waals surface area contributed by atoms with E-state index in [2.05, 4.69) is 34.9 Å². The van der Waals surface area contributed by atoms with Crippen LogP contribution in [0.4, 0.5) is 5.82 Å². The van der Waals surface area contributed by atoms with Crippen molar-refractivity contribution in [3.8, 4) is 0 Å². The van der Waals surface area contributed by atoms with E-state index in [9.17, 15) is 0 Å². The highest BCUT2D eigenvalue weighted by Gasteiger charge is 2.12. The highest BCUT2D eigenvalue weighted by molar-refractivity contribution is 5.68. The zero-order valence-corrected chi connectivity index (χ0v) is 12.2. The lowest BCUT2D eigenvalue weighted by molar-refractivity contribution is 0.656. The van der Waals surface area contributed by atoms with Crippen molar-refractivity contribution in [1.29, 1.82) is 0 Å².